The van der Waals surface area contributed by atoms with Gasteiger partial charge in [0.1, 0.15) is 5.82 Å². The number of benzene rings is 2. The highest BCUT2D eigenvalue weighted by Gasteiger charge is 2.08. The van der Waals surface area contributed by atoms with Crippen LogP contribution in [0, 0.1) is 5.82 Å². The van der Waals surface area contributed by atoms with Gasteiger partial charge in [-0.3, -0.25) is 4.79 Å². The predicted molar refractivity (Wildman–Crippen MR) is 76.5 cm³/mol. The largest absolute Gasteiger partial charge is 0.326 e. The molecular weight excluding hydrogens is 309 g/mol. The number of carbonyl (C=O) groups is 1. The van der Waals surface area contributed by atoms with Crippen LogP contribution >= 0.6 is 15.9 Å². The van der Waals surface area contributed by atoms with Gasteiger partial charge in [-0.1, -0.05) is 40.2 Å². The molecule has 0 amide bonds. The molecular formula is C15H13BrFNO. The number of nitrogens with two attached hydrogens (primary N) is 1. The van der Waals surface area contributed by atoms with Gasteiger partial charge in [-0.15, -0.1) is 0 Å². The van der Waals surface area contributed by atoms with Gasteiger partial charge < -0.3 is 5.73 Å². The summed E-state index contributed by atoms with van der Waals surface area (Å²) < 4.78 is 13.9. The summed E-state index contributed by atoms with van der Waals surface area (Å²) in [6.45, 7) is 0.450. The molecule has 0 aliphatic rings. The highest BCUT2D eigenvalue weighted by atomic mass is 79.9. The van der Waals surface area contributed by atoms with Crippen LogP contribution in [0.5, 0.6) is 0 Å². The molecule has 0 saturated heterocycles. The average molecular weight is 322 g/mol. The number of hydrogen-bond acceptors (Lipinski definition) is 2. The van der Waals surface area contributed by atoms with E-state index in [9.17, 15) is 9.18 Å². The van der Waals surface area contributed by atoms with E-state index in [0.717, 1.165) is 5.56 Å². The van der Waals surface area contributed by atoms with Crippen LogP contribution in [-0.4, -0.2) is 5.78 Å². The van der Waals surface area contributed by atoms with E-state index in [-0.39, 0.29) is 18.0 Å². The van der Waals surface area contributed by atoms with E-state index in [2.05, 4.69) is 15.9 Å². The summed E-state index contributed by atoms with van der Waals surface area (Å²) >= 11 is 3.21. The van der Waals surface area contributed by atoms with Gasteiger partial charge in [0.15, 0.2) is 5.78 Å². The Hall–Kier alpha value is -1.52. The molecule has 0 aliphatic heterocycles. The highest BCUT2D eigenvalue weighted by Crippen LogP contribution is 2.17. The topological polar surface area (TPSA) is 43.1 Å². The molecule has 0 saturated carbocycles. The lowest BCUT2D eigenvalue weighted by Crippen LogP contribution is -2.04. The van der Waals surface area contributed by atoms with Crippen molar-refractivity contribution in [3.8, 4) is 0 Å². The van der Waals surface area contributed by atoms with Crippen molar-refractivity contribution in [2.45, 2.75) is 13.0 Å². The molecule has 0 atom stereocenters. The SMILES string of the molecule is NCc1ccc(C(=O)Cc2cc(F)cc(Br)c2)cc1. The minimum atomic E-state index is -0.351. The first kappa shape index (κ1) is 13.9. The molecule has 2 nitrogen and oxygen atoms in total. The molecule has 4 heteroatoms. The van der Waals surface area contributed by atoms with Gasteiger partial charge in [-0.25, -0.2) is 4.39 Å². The highest BCUT2D eigenvalue weighted by molar-refractivity contribution is 9.10. The van der Waals surface area contributed by atoms with Gasteiger partial charge in [0, 0.05) is 23.0 Å². The van der Waals surface area contributed by atoms with Crippen molar-refractivity contribution in [2.75, 3.05) is 0 Å². The van der Waals surface area contributed by atoms with E-state index in [1.54, 1.807) is 18.2 Å². The van der Waals surface area contributed by atoms with Crippen molar-refractivity contribution in [3.63, 3.8) is 0 Å². The number of halogens is 2. The maximum atomic E-state index is 13.2. The van der Waals surface area contributed by atoms with Crippen molar-refractivity contribution in [3.05, 3.63) is 69.4 Å². The van der Waals surface area contributed by atoms with E-state index >= 15 is 0 Å². The predicted octanol–water partition coefficient (Wildman–Crippen LogP) is 3.47. The minimum Gasteiger partial charge on any atom is -0.326 e. The van der Waals surface area contributed by atoms with Gasteiger partial charge in [-0.05, 0) is 29.3 Å². The summed E-state index contributed by atoms with van der Waals surface area (Å²) in [5.41, 5.74) is 7.74. The van der Waals surface area contributed by atoms with E-state index < -0.39 is 0 Å². The summed E-state index contributed by atoms with van der Waals surface area (Å²) in [4.78, 5) is 12.1. The third-order valence-corrected chi connectivity index (χ3v) is 3.26. The molecule has 2 N–H and O–H groups in total. The number of hydrogen-bond donors (Lipinski definition) is 1. The van der Waals surface area contributed by atoms with Crippen LogP contribution in [0.1, 0.15) is 21.5 Å². The maximum Gasteiger partial charge on any atom is 0.167 e. The summed E-state index contributed by atoms with van der Waals surface area (Å²) in [6.07, 6.45) is 0.179. The molecule has 0 aliphatic carbocycles. The van der Waals surface area contributed by atoms with E-state index in [4.69, 9.17) is 5.73 Å². The Bertz CT molecular complexity index is 575. The normalized spacial score (nSPS) is 10.5. The molecule has 0 spiro atoms. The van der Waals surface area contributed by atoms with Crippen LogP contribution in [-0.2, 0) is 13.0 Å². The second-order valence-electron chi connectivity index (χ2n) is 4.28. The van der Waals surface area contributed by atoms with Crippen molar-refractivity contribution in [1.29, 1.82) is 0 Å². The summed E-state index contributed by atoms with van der Waals surface area (Å²) in [5, 5.41) is 0. The smallest absolute Gasteiger partial charge is 0.167 e. The maximum absolute atomic E-state index is 13.2. The zero-order valence-corrected chi connectivity index (χ0v) is 11.8. The van der Waals surface area contributed by atoms with Crippen LogP contribution in [0.2, 0.25) is 0 Å². The third-order valence-electron chi connectivity index (χ3n) is 2.80. The average Bonchev–Trinajstić information content (AvgIpc) is 2.37. The van der Waals surface area contributed by atoms with Crippen molar-refractivity contribution in [1.82, 2.24) is 0 Å². The zero-order valence-electron chi connectivity index (χ0n) is 10.2. The summed E-state index contributed by atoms with van der Waals surface area (Å²) in [7, 11) is 0. The van der Waals surface area contributed by atoms with Crippen LogP contribution in [0.3, 0.4) is 0 Å². The van der Waals surface area contributed by atoms with Crippen molar-refractivity contribution < 1.29 is 9.18 Å². The number of rotatable bonds is 4. The third kappa shape index (κ3) is 3.72. The Labute approximate surface area is 119 Å². The van der Waals surface area contributed by atoms with Gasteiger partial charge in [0.2, 0.25) is 0 Å². The Kier molecular flexibility index (Phi) is 4.45. The Morgan fingerprint density at radius 1 is 1.11 bits per heavy atom. The monoisotopic (exact) mass is 321 g/mol. The Balaban J connectivity index is 2.15. The molecule has 98 valence electrons. The van der Waals surface area contributed by atoms with Crippen LogP contribution < -0.4 is 5.73 Å². The van der Waals surface area contributed by atoms with E-state index in [0.29, 0.717) is 22.1 Å². The second-order valence-corrected chi connectivity index (χ2v) is 5.19. The Morgan fingerprint density at radius 3 is 2.37 bits per heavy atom. The first-order chi connectivity index (χ1) is 9.08. The van der Waals surface area contributed by atoms with Crippen molar-refractivity contribution in [2.24, 2.45) is 5.73 Å². The zero-order chi connectivity index (χ0) is 13.8. The molecule has 0 unspecified atom stereocenters. The Morgan fingerprint density at radius 2 is 1.79 bits per heavy atom. The summed E-state index contributed by atoms with van der Waals surface area (Å²) in [6, 6.07) is 11.6. The van der Waals surface area contributed by atoms with Crippen LogP contribution in [0.15, 0.2) is 46.9 Å². The standard InChI is InChI=1S/C15H13BrFNO/c16-13-5-11(6-14(17)8-13)7-15(19)12-3-1-10(9-18)2-4-12/h1-6,8H,7,9,18H2. The lowest BCUT2D eigenvalue weighted by atomic mass is 10.0. The minimum absolute atomic E-state index is 0.0407. The second kappa shape index (κ2) is 6.08. The molecule has 2 aromatic carbocycles. The molecule has 2 rings (SSSR count). The van der Waals surface area contributed by atoms with Crippen LogP contribution in [0.25, 0.3) is 0 Å². The molecule has 0 bridgehead atoms. The number of ketones is 1. The lowest BCUT2D eigenvalue weighted by molar-refractivity contribution is 0.0993. The van der Waals surface area contributed by atoms with Gasteiger partial charge in [0.05, 0.1) is 0 Å². The fourth-order valence-electron chi connectivity index (χ4n) is 1.83. The molecule has 0 heterocycles. The fourth-order valence-corrected chi connectivity index (χ4v) is 2.34. The molecule has 2 aromatic rings. The molecule has 0 fully saturated rings. The summed E-state index contributed by atoms with van der Waals surface area (Å²) in [5.74, 6) is -0.392. The molecule has 19 heavy (non-hydrogen) atoms. The van der Waals surface area contributed by atoms with E-state index in [1.807, 2.05) is 12.1 Å². The fraction of sp³-hybridized carbons (Fsp3) is 0.133. The quantitative estimate of drug-likeness (QED) is 0.876. The van der Waals surface area contributed by atoms with Crippen LogP contribution in [0.4, 0.5) is 4.39 Å². The molecule has 0 radical (unpaired) electrons. The first-order valence-electron chi connectivity index (χ1n) is 5.85. The van der Waals surface area contributed by atoms with Gasteiger partial charge >= 0.3 is 0 Å². The first-order valence-corrected chi connectivity index (χ1v) is 6.65. The number of carbonyl (C=O) groups excluding carboxylic acids is 1. The van der Waals surface area contributed by atoms with Crippen molar-refractivity contribution >= 4 is 21.7 Å². The van der Waals surface area contributed by atoms with E-state index in [1.165, 1.54) is 12.1 Å². The van der Waals surface area contributed by atoms with Gasteiger partial charge in [-0.2, -0.15) is 0 Å². The molecule has 0 aromatic heterocycles. The lowest BCUT2D eigenvalue weighted by Gasteiger charge is -2.04. The van der Waals surface area contributed by atoms with Gasteiger partial charge in [0.25, 0.3) is 0 Å². The number of Topliss-reactive ketones (excluding diaryl/α,β-unsaturated/α-hetero) is 1.